The molecule has 1 aromatic heterocycles. The smallest absolute Gasteiger partial charge is 0.150 e. The van der Waals surface area contributed by atoms with Crippen LogP contribution in [0.25, 0.3) is 0 Å². The summed E-state index contributed by atoms with van der Waals surface area (Å²) in [5.74, 6) is 0. The second-order valence-electron chi connectivity index (χ2n) is 4.85. The van der Waals surface area contributed by atoms with Crippen LogP contribution in [0, 0.1) is 0 Å². The van der Waals surface area contributed by atoms with Gasteiger partial charge in [-0.3, -0.25) is 0 Å². The third-order valence-corrected chi connectivity index (χ3v) is 3.62. The molecule has 0 spiro atoms. The van der Waals surface area contributed by atoms with Crippen molar-refractivity contribution in [3.05, 3.63) is 83.9 Å². The lowest BCUT2D eigenvalue weighted by Gasteiger charge is -2.01. The summed E-state index contributed by atoms with van der Waals surface area (Å²) >= 11 is 5.79. The van der Waals surface area contributed by atoms with E-state index in [1.807, 2.05) is 63.2 Å². The van der Waals surface area contributed by atoms with E-state index < -0.39 is 0 Å². The molecular weight excluding hydrogens is 290 g/mol. The van der Waals surface area contributed by atoms with Crippen LogP contribution in [0.3, 0.4) is 0 Å². The molecule has 1 radical (unpaired) electrons. The highest BCUT2D eigenvalue weighted by molar-refractivity contribution is 6.57. The van der Waals surface area contributed by atoms with Crippen LogP contribution in [0.5, 0.6) is 0 Å². The van der Waals surface area contributed by atoms with Gasteiger partial charge in [-0.1, -0.05) is 72.4 Å². The highest BCUT2D eigenvalue weighted by Crippen LogP contribution is 2.02. The summed E-state index contributed by atoms with van der Waals surface area (Å²) in [6.07, 6.45) is 6.72. The number of aryl methyl sites for hydroxylation is 2. The van der Waals surface area contributed by atoms with E-state index in [9.17, 15) is 0 Å². The Kier molecular flexibility index (Phi) is 6.78. The van der Waals surface area contributed by atoms with Crippen LogP contribution < -0.4 is 5.46 Å². The zero-order valence-corrected chi connectivity index (χ0v) is 13.4. The Morgan fingerprint density at radius 1 is 1.05 bits per heavy atom. The van der Waals surface area contributed by atoms with Crippen LogP contribution in [0.15, 0.2) is 73.3 Å². The van der Waals surface area contributed by atoms with Gasteiger partial charge in [0.1, 0.15) is 7.28 Å². The monoisotopic (exact) mass is 309 g/mol. The lowest BCUT2D eigenvalue weighted by atomic mass is 9.73. The average Bonchev–Trinajstić information content (AvgIpc) is 3.08. The van der Waals surface area contributed by atoms with Gasteiger partial charge in [0.15, 0.2) is 0 Å². The molecule has 2 aromatic carbocycles. The van der Waals surface area contributed by atoms with E-state index >= 15 is 0 Å². The number of hydrogen-bond donors (Lipinski definition) is 0. The van der Waals surface area contributed by atoms with E-state index in [1.54, 1.807) is 0 Å². The first-order valence-electron chi connectivity index (χ1n) is 7.33. The Morgan fingerprint density at radius 2 is 1.77 bits per heavy atom. The molecule has 0 aliphatic heterocycles. The van der Waals surface area contributed by atoms with Gasteiger partial charge in [-0.25, -0.2) is 4.98 Å². The fourth-order valence-electron chi connectivity index (χ4n) is 2.03. The molecule has 0 fully saturated rings. The van der Waals surface area contributed by atoms with Crippen LogP contribution in [-0.4, -0.2) is 16.8 Å². The minimum atomic E-state index is 0.819. The maximum absolute atomic E-state index is 5.79. The number of hydrogen-bond acceptors (Lipinski definition) is 1. The zero-order valence-electron chi connectivity index (χ0n) is 12.7. The first-order chi connectivity index (χ1) is 10.8. The van der Waals surface area contributed by atoms with E-state index in [4.69, 9.17) is 11.6 Å². The molecule has 111 valence electrons. The number of imidazole rings is 1. The van der Waals surface area contributed by atoms with Gasteiger partial charge in [0.2, 0.25) is 0 Å². The van der Waals surface area contributed by atoms with E-state index in [0.29, 0.717) is 0 Å². The number of benzene rings is 2. The van der Waals surface area contributed by atoms with Crippen molar-refractivity contribution in [2.45, 2.75) is 19.8 Å². The van der Waals surface area contributed by atoms with Crippen LogP contribution in [0.2, 0.25) is 11.8 Å². The summed E-state index contributed by atoms with van der Waals surface area (Å²) in [5.41, 5.74) is 2.47. The molecule has 3 rings (SSSR count). The third-order valence-electron chi connectivity index (χ3n) is 3.28. The van der Waals surface area contributed by atoms with Crippen molar-refractivity contribution in [2.75, 3.05) is 0 Å². The van der Waals surface area contributed by atoms with Crippen molar-refractivity contribution in [3.8, 4) is 0 Å². The Hall–Kier alpha value is -2.00. The van der Waals surface area contributed by atoms with Gasteiger partial charge in [-0.05, 0) is 18.1 Å². The maximum atomic E-state index is 5.79. The molecule has 0 unspecified atom stereocenters. The SMILES string of the molecule is C[B]c1ccccc1Cl.c1ccc(CCn2ccnc2)cc1. The Bertz CT molecular complexity index is 654. The van der Waals surface area contributed by atoms with Crippen molar-refractivity contribution < 1.29 is 0 Å². The van der Waals surface area contributed by atoms with Crippen molar-refractivity contribution >= 4 is 24.3 Å². The van der Waals surface area contributed by atoms with Crippen molar-refractivity contribution in [2.24, 2.45) is 0 Å². The number of nitrogens with zero attached hydrogens (tertiary/aromatic N) is 2. The largest absolute Gasteiger partial charge is 0.337 e. The fraction of sp³-hybridized carbons (Fsp3) is 0.167. The lowest BCUT2D eigenvalue weighted by Crippen LogP contribution is -2.10. The van der Waals surface area contributed by atoms with Crippen molar-refractivity contribution in [1.82, 2.24) is 9.55 Å². The summed E-state index contributed by atoms with van der Waals surface area (Å²) in [6.45, 7) is 2.98. The number of halogens is 1. The van der Waals surface area contributed by atoms with Crippen LogP contribution in [-0.2, 0) is 13.0 Å². The summed E-state index contributed by atoms with van der Waals surface area (Å²) in [5, 5.41) is 0.819. The van der Waals surface area contributed by atoms with Gasteiger partial charge in [-0.15, -0.1) is 0 Å². The standard InChI is InChI=1S/C11H12N2.C7H7BCl/c1-2-4-11(5-3-1)6-8-13-9-7-12-10-13;1-8-6-4-2-3-5-7(6)9/h1-5,7,9-10H,6,8H2;2-5H,1H3. The van der Waals surface area contributed by atoms with Gasteiger partial charge in [0.25, 0.3) is 0 Å². The molecule has 0 aliphatic carbocycles. The molecule has 0 bridgehead atoms. The second kappa shape index (κ2) is 9.11. The molecule has 3 aromatic rings. The Balaban J connectivity index is 0.000000172. The Labute approximate surface area is 138 Å². The predicted octanol–water partition coefficient (Wildman–Crippen LogP) is 3.84. The van der Waals surface area contributed by atoms with E-state index in [2.05, 4.69) is 33.8 Å². The van der Waals surface area contributed by atoms with Gasteiger partial charge < -0.3 is 4.57 Å². The molecular formula is C18H19BClN2. The molecule has 0 N–H and O–H groups in total. The zero-order chi connectivity index (χ0) is 15.6. The van der Waals surface area contributed by atoms with Crippen molar-refractivity contribution in [3.63, 3.8) is 0 Å². The molecule has 0 saturated heterocycles. The summed E-state index contributed by atoms with van der Waals surface area (Å²) in [4.78, 5) is 4.00. The highest BCUT2D eigenvalue weighted by atomic mass is 35.5. The minimum absolute atomic E-state index is 0.819. The van der Waals surface area contributed by atoms with E-state index in [1.165, 1.54) is 5.56 Å². The van der Waals surface area contributed by atoms with Crippen LogP contribution in [0.1, 0.15) is 5.56 Å². The van der Waals surface area contributed by atoms with E-state index in [-0.39, 0.29) is 0 Å². The average molecular weight is 310 g/mol. The van der Waals surface area contributed by atoms with Crippen LogP contribution >= 0.6 is 11.6 Å². The number of aromatic nitrogens is 2. The van der Waals surface area contributed by atoms with Gasteiger partial charge >= 0.3 is 0 Å². The first kappa shape index (κ1) is 16.4. The van der Waals surface area contributed by atoms with Gasteiger partial charge in [0, 0.05) is 24.0 Å². The Morgan fingerprint density at radius 3 is 2.36 bits per heavy atom. The van der Waals surface area contributed by atoms with Gasteiger partial charge in [0.05, 0.1) is 6.33 Å². The molecule has 0 atom stereocenters. The molecule has 1 heterocycles. The van der Waals surface area contributed by atoms with Gasteiger partial charge in [-0.2, -0.15) is 0 Å². The third kappa shape index (κ3) is 5.42. The molecule has 0 aliphatic rings. The molecule has 2 nitrogen and oxygen atoms in total. The molecule has 0 amide bonds. The van der Waals surface area contributed by atoms with Crippen LogP contribution in [0.4, 0.5) is 0 Å². The minimum Gasteiger partial charge on any atom is -0.337 e. The topological polar surface area (TPSA) is 17.8 Å². The summed E-state index contributed by atoms with van der Waals surface area (Å²) in [6, 6.07) is 18.3. The summed E-state index contributed by atoms with van der Waals surface area (Å²) in [7, 11) is 1.99. The summed E-state index contributed by atoms with van der Waals surface area (Å²) < 4.78 is 2.09. The fourth-order valence-corrected chi connectivity index (χ4v) is 2.28. The van der Waals surface area contributed by atoms with Crippen molar-refractivity contribution in [1.29, 1.82) is 0 Å². The highest BCUT2D eigenvalue weighted by Gasteiger charge is 1.93. The second-order valence-corrected chi connectivity index (χ2v) is 5.25. The lowest BCUT2D eigenvalue weighted by molar-refractivity contribution is 0.696. The maximum Gasteiger partial charge on any atom is 0.150 e. The normalized spacial score (nSPS) is 9.73. The molecule has 4 heteroatoms. The predicted molar refractivity (Wildman–Crippen MR) is 95.1 cm³/mol. The molecule has 22 heavy (non-hydrogen) atoms. The molecule has 0 saturated carbocycles. The van der Waals surface area contributed by atoms with E-state index in [0.717, 1.165) is 23.5 Å². The number of rotatable bonds is 4. The quantitative estimate of drug-likeness (QED) is 0.670. The first-order valence-corrected chi connectivity index (χ1v) is 7.71.